The number of aromatic amines is 1. The molecular weight excluding hydrogens is 423 g/mol. The van der Waals surface area contributed by atoms with E-state index in [0.717, 1.165) is 6.20 Å². The van der Waals surface area contributed by atoms with Crippen LogP contribution in [-0.4, -0.2) is 50.7 Å². The fraction of sp³-hybridized carbons (Fsp3) is 0.409. The molecule has 3 heterocycles. The van der Waals surface area contributed by atoms with E-state index in [1.54, 1.807) is 49.9 Å². The number of carbonyl (C=O) groups is 1. The topological polar surface area (TPSA) is 83.1 Å². The van der Waals surface area contributed by atoms with E-state index in [0.29, 0.717) is 36.0 Å². The van der Waals surface area contributed by atoms with Crippen LogP contribution in [0.2, 0.25) is 0 Å². The van der Waals surface area contributed by atoms with Crippen LogP contribution in [0.1, 0.15) is 32.8 Å². The third kappa shape index (κ3) is 4.63. The predicted molar refractivity (Wildman–Crippen MR) is 114 cm³/mol. The van der Waals surface area contributed by atoms with E-state index in [2.05, 4.69) is 20.3 Å². The monoisotopic (exact) mass is 447 g/mol. The number of nitrogens with zero attached hydrogens (tertiary/aromatic N) is 3. The number of fused-ring (bicyclic) bond motifs is 1. The molecule has 0 aliphatic carbocycles. The van der Waals surface area contributed by atoms with Crippen molar-refractivity contribution in [3.05, 3.63) is 42.2 Å². The lowest BCUT2D eigenvalue weighted by atomic mass is 10.1. The van der Waals surface area contributed by atoms with Gasteiger partial charge in [-0.2, -0.15) is 13.2 Å². The lowest BCUT2D eigenvalue weighted by Gasteiger charge is -2.24. The zero-order valence-electron chi connectivity index (χ0n) is 18.0. The number of rotatable bonds is 3. The van der Waals surface area contributed by atoms with Gasteiger partial charge in [0.25, 0.3) is 0 Å². The number of hydrogen-bond acceptors (Lipinski definition) is 5. The van der Waals surface area contributed by atoms with Crippen molar-refractivity contribution >= 4 is 22.9 Å². The quantitative estimate of drug-likeness (QED) is 0.586. The van der Waals surface area contributed by atoms with E-state index in [1.807, 2.05) is 0 Å². The molecule has 0 saturated carbocycles. The first kappa shape index (κ1) is 21.9. The molecule has 1 aliphatic rings. The molecule has 2 aromatic heterocycles. The highest BCUT2D eigenvalue weighted by molar-refractivity contribution is 5.95. The molecule has 4 rings (SSSR count). The number of alkyl halides is 3. The van der Waals surface area contributed by atoms with Gasteiger partial charge in [-0.1, -0.05) is 18.2 Å². The molecule has 1 fully saturated rings. The zero-order chi connectivity index (χ0) is 23.1. The highest BCUT2D eigenvalue weighted by atomic mass is 19.4. The Balaban J connectivity index is 1.59. The first-order chi connectivity index (χ1) is 15.0. The van der Waals surface area contributed by atoms with Crippen LogP contribution < -0.4 is 5.32 Å². The molecule has 1 saturated heterocycles. The number of amides is 1. The van der Waals surface area contributed by atoms with Crippen LogP contribution in [0.25, 0.3) is 22.2 Å². The Hall–Kier alpha value is -3.30. The Kier molecular flexibility index (Phi) is 5.47. The van der Waals surface area contributed by atoms with Gasteiger partial charge in [-0.3, -0.25) is 0 Å². The zero-order valence-corrected chi connectivity index (χ0v) is 18.0. The van der Waals surface area contributed by atoms with Gasteiger partial charge in [0.05, 0.1) is 5.69 Å². The Labute approximate surface area is 183 Å². The highest BCUT2D eigenvalue weighted by Crippen LogP contribution is 2.38. The van der Waals surface area contributed by atoms with Crippen LogP contribution >= 0.6 is 0 Å². The number of aromatic nitrogens is 3. The summed E-state index contributed by atoms with van der Waals surface area (Å²) < 4.78 is 46.4. The third-order valence-corrected chi connectivity index (χ3v) is 5.11. The van der Waals surface area contributed by atoms with E-state index in [-0.39, 0.29) is 17.7 Å². The van der Waals surface area contributed by atoms with Crippen molar-refractivity contribution in [2.45, 2.75) is 45.0 Å². The number of anilines is 1. The second-order valence-corrected chi connectivity index (χ2v) is 8.76. The number of likely N-dealkylation sites (tertiary alicyclic amines) is 1. The number of nitrogens with one attached hydrogen (secondary N) is 2. The van der Waals surface area contributed by atoms with Gasteiger partial charge in [0.2, 0.25) is 5.95 Å². The largest absolute Gasteiger partial charge is 0.444 e. The van der Waals surface area contributed by atoms with Crippen LogP contribution in [0.4, 0.5) is 23.9 Å². The minimum Gasteiger partial charge on any atom is -0.444 e. The molecular formula is C22H24F3N5O2. The molecule has 3 aromatic rings. The Morgan fingerprint density at radius 3 is 2.72 bits per heavy atom. The van der Waals surface area contributed by atoms with Gasteiger partial charge < -0.3 is 19.9 Å². The number of benzene rings is 1. The smallest absolute Gasteiger partial charge is 0.419 e. The molecule has 1 atom stereocenters. The average molecular weight is 447 g/mol. The number of H-pyrrole nitrogens is 1. The molecule has 1 aliphatic heterocycles. The SMILES string of the molecule is CC(C)(C)OC(=O)N1CC[C@@H](Nc2ncc(C(F)(F)F)c(-c3c[nH]c4ccccc34)n2)C1. The van der Waals surface area contributed by atoms with Gasteiger partial charge in [0.15, 0.2) is 0 Å². The number of ether oxygens (including phenoxy) is 1. The summed E-state index contributed by atoms with van der Waals surface area (Å²) in [7, 11) is 0. The molecule has 7 nitrogen and oxygen atoms in total. The molecule has 0 unspecified atom stereocenters. The Bertz CT molecular complexity index is 1140. The molecule has 0 spiro atoms. The van der Waals surface area contributed by atoms with Crippen LogP contribution in [0, 0.1) is 0 Å². The number of hydrogen-bond donors (Lipinski definition) is 2. The van der Waals surface area contributed by atoms with Gasteiger partial charge in [0.1, 0.15) is 11.2 Å². The van der Waals surface area contributed by atoms with Crippen molar-refractivity contribution in [1.82, 2.24) is 19.9 Å². The first-order valence-corrected chi connectivity index (χ1v) is 10.3. The lowest BCUT2D eigenvalue weighted by molar-refractivity contribution is -0.137. The summed E-state index contributed by atoms with van der Waals surface area (Å²) in [5.41, 5.74) is -0.648. The molecule has 0 bridgehead atoms. The van der Waals surface area contributed by atoms with Gasteiger partial charge >= 0.3 is 12.3 Å². The van der Waals surface area contributed by atoms with Crippen molar-refractivity contribution in [2.75, 3.05) is 18.4 Å². The fourth-order valence-electron chi connectivity index (χ4n) is 3.68. The van der Waals surface area contributed by atoms with Gasteiger partial charge in [0, 0.05) is 48.0 Å². The predicted octanol–water partition coefficient (Wildman–Crippen LogP) is 5.07. The fourth-order valence-corrected chi connectivity index (χ4v) is 3.68. The van der Waals surface area contributed by atoms with Crippen molar-refractivity contribution < 1.29 is 22.7 Å². The summed E-state index contributed by atoms with van der Waals surface area (Å²) in [5.74, 6) is 0.0781. The van der Waals surface area contributed by atoms with E-state index < -0.39 is 23.4 Å². The van der Waals surface area contributed by atoms with Crippen molar-refractivity contribution in [3.8, 4) is 11.3 Å². The van der Waals surface area contributed by atoms with Crippen molar-refractivity contribution in [3.63, 3.8) is 0 Å². The Morgan fingerprint density at radius 1 is 1.25 bits per heavy atom. The van der Waals surface area contributed by atoms with E-state index in [9.17, 15) is 18.0 Å². The second kappa shape index (κ2) is 7.99. The van der Waals surface area contributed by atoms with Crippen molar-refractivity contribution in [2.24, 2.45) is 0 Å². The van der Waals surface area contributed by atoms with Crippen LogP contribution in [-0.2, 0) is 10.9 Å². The summed E-state index contributed by atoms with van der Waals surface area (Å²) >= 11 is 0. The molecule has 1 amide bonds. The highest BCUT2D eigenvalue weighted by Gasteiger charge is 2.36. The maximum Gasteiger partial charge on any atom is 0.419 e. The summed E-state index contributed by atoms with van der Waals surface area (Å²) in [6, 6.07) is 6.89. The Morgan fingerprint density at radius 2 is 2.00 bits per heavy atom. The minimum atomic E-state index is -4.60. The first-order valence-electron chi connectivity index (χ1n) is 10.3. The molecule has 10 heteroatoms. The van der Waals surface area contributed by atoms with E-state index >= 15 is 0 Å². The molecule has 170 valence electrons. The molecule has 2 N–H and O–H groups in total. The molecule has 1 aromatic carbocycles. The summed E-state index contributed by atoms with van der Waals surface area (Å²) in [6.07, 6.45) is -2.10. The minimum absolute atomic E-state index is 0.0781. The second-order valence-electron chi connectivity index (χ2n) is 8.76. The molecule has 0 radical (unpaired) electrons. The van der Waals surface area contributed by atoms with Crippen LogP contribution in [0.5, 0.6) is 0 Å². The van der Waals surface area contributed by atoms with Crippen LogP contribution in [0.3, 0.4) is 0 Å². The number of carbonyl (C=O) groups excluding carboxylic acids is 1. The van der Waals surface area contributed by atoms with Crippen molar-refractivity contribution in [1.29, 1.82) is 0 Å². The summed E-state index contributed by atoms with van der Waals surface area (Å²) in [4.78, 5) is 24.9. The average Bonchev–Trinajstić information content (AvgIpc) is 3.33. The maximum atomic E-state index is 13.7. The summed E-state index contributed by atoms with van der Waals surface area (Å²) in [6.45, 7) is 6.20. The van der Waals surface area contributed by atoms with Crippen LogP contribution in [0.15, 0.2) is 36.7 Å². The van der Waals surface area contributed by atoms with Gasteiger partial charge in [-0.25, -0.2) is 14.8 Å². The lowest BCUT2D eigenvalue weighted by Crippen LogP contribution is -2.36. The number of halogens is 3. The standard InChI is InChI=1S/C22H24F3N5O2/c1-21(2,3)32-20(31)30-9-8-13(12-30)28-19-27-11-16(22(23,24)25)18(29-19)15-10-26-17-7-5-4-6-14(15)17/h4-7,10-11,13,26H,8-9,12H2,1-3H3,(H,27,28,29)/t13-/m1/s1. The van der Waals surface area contributed by atoms with E-state index in [4.69, 9.17) is 4.74 Å². The normalized spacial score (nSPS) is 17.1. The number of para-hydroxylation sites is 1. The maximum absolute atomic E-state index is 13.7. The van der Waals surface area contributed by atoms with Gasteiger partial charge in [-0.05, 0) is 33.3 Å². The third-order valence-electron chi connectivity index (χ3n) is 5.11. The van der Waals surface area contributed by atoms with E-state index in [1.165, 1.54) is 6.20 Å². The van der Waals surface area contributed by atoms with Gasteiger partial charge in [-0.15, -0.1) is 0 Å². The summed E-state index contributed by atoms with van der Waals surface area (Å²) in [5, 5.41) is 3.71. The molecule has 32 heavy (non-hydrogen) atoms.